The van der Waals surface area contributed by atoms with Crippen LogP contribution in [0.25, 0.3) is 0 Å². The first-order valence-electron chi connectivity index (χ1n) is 6.79. The Kier molecular flexibility index (Phi) is 2.96. The van der Waals surface area contributed by atoms with E-state index in [2.05, 4.69) is 27.3 Å². The molecule has 1 aliphatic carbocycles. The topological polar surface area (TPSA) is 56.9 Å². The second kappa shape index (κ2) is 4.46. The number of guanidine groups is 1. The van der Waals surface area contributed by atoms with Crippen LogP contribution in [0.5, 0.6) is 0 Å². The van der Waals surface area contributed by atoms with E-state index < -0.39 is 0 Å². The second-order valence-electron chi connectivity index (χ2n) is 5.61. The summed E-state index contributed by atoms with van der Waals surface area (Å²) in [4.78, 5) is 9.56. The molecule has 3 N–H and O–H groups in total. The van der Waals surface area contributed by atoms with Crippen LogP contribution in [0.3, 0.4) is 0 Å². The van der Waals surface area contributed by atoms with Crippen molar-refractivity contribution in [3.63, 3.8) is 0 Å². The fraction of sp³-hybridized carbons (Fsp3) is 0.917. The number of hydrogen-bond donors (Lipinski definition) is 2. The zero-order valence-electron chi connectivity index (χ0n) is 10.6. The van der Waals surface area contributed by atoms with Crippen molar-refractivity contribution in [2.75, 3.05) is 20.1 Å². The highest BCUT2D eigenvalue weighted by Crippen LogP contribution is 2.29. The minimum atomic E-state index is 0.527. The zero-order valence-corrected chi connectivity index (χ0v) is 10.6. The molecule has 17 heavy (non-hydrogen) atoms. The number of aliphatic imine (C=N–C) groups is 1. The molecule has 96 valence electrons. The van der Waals surface area contributed by atoms with Crippen LogP contribution in [0.15, 0.2) is 4.99 Å². The quantitative estimate of drug-likeness (QED) is 0.295. The van der Waals surface area contributed by atoms with Gasteiger partial charge in [0.15, 0.2) is 0 Å². The third-order valence-electron chi connectivity index (χ3n) is 4.43. The average molecular weight is 237 g/mol. The summed E-state index contributed by atoms with van der Waals surface area (Å²) < 4.78 is 0. The normalized spacial score (nSPS) is 34.9. The van der Waals surface area contributed by atoms with Gasteiger partial charge in [-0.3, -0.25) is 10.3 Å². The van der Waals surface area contributed by atoms with E-state index in [1.165, 1.54) is 32.1 Å². The summed E-state index contributed by atoms with van der Waals surface area (Å²) >= 11 is 0. The molecule has 2 saturated heterocycles. The first-order chi connectivity index (χ1) is 8.28. The molecule has 3 fully saturated rings. The minimum Gasteiger partial charge on any atom is -0.340 e. The number of likely N-dealkylation sites (tertiary alicyclic amines) is 1. The number of likely N-dealkylation sites (N-methyl/N-ethyl adjacent to an activating group) is 1. The van der Waals surface area contributed by atoms with E-state index in [9.17, 15) is 0 Å². The van der Waals surface area contributed by atoms with Crippen molar-refractivity contribution in [3.8, 4) is 0 Å². The molecule has 2 heterocycles. The molecular formula is C12H23N5. The van der Waals surface area contributed by atoms with Crippen LogP contribution in [-0.4, -0.2) is 54.0 Å². The number of nitrogens with zero attached hydrogens (tertiary/aromatic N) is 3. The zero-order chi connectivity index (χ0) is 11.8. The summed E-state index contributed by atoms with van der Waals surface area (Å²) in [6.45, 7) is 2.16. The molecule has 0 aromatic heterocycles. The maximum Gasteiger partial charge on any atom is 0.208 e. The van der Waals surface area contributed by atoms with E-state index in [0.717, 1.165) is 25.1 Å². The Morgan fingerprint density at radius 3 is 2.65 bits per heavy atom. The van der Waals surface area contributed by atoms with Gasteiger partial charge in [-0.25, -0.2) is 10.8 Å². The molecule has 3 aliphatic rings. The van der Waals surface area contributed by atoms with Gasteiger partial charge in [-0.1, -0.05) is 0 Å². The fourth-order valence-electron chi connectivity index (χ4n) is 3.09. The molecule has 2 aliphatic heterocycles. The number of rotatable bonds is 1. The molecule has 3 rings (SSSR count). The smallest absolute Gasteiger partial charge is 0.208 e. The van der Waals surface area contributed by atoms with Crippen LogP contribution in [0.1, 0.15) is 32.1 Å². The first kappa shape index (κ1) is 11.3. The van der Waals surface area contributed by atoms with Gasteiger partial charge in [0.25, 0.3) is 0 Å². The van der Waals surface area contributed by atoms with E-state index >= 15 is 0 Å². The van der Waals surface area contributed by atoms with Crippen LogP contribution in [0.2, 0.25) is 0 Å². The van der Waals surface area contributed by atoms with Gasteiger partial charge in [-0.05, 0) is 39.2 Å². The Hall–Kier alpha value is -0.810. The van der Waals surface area contributed by atoms with Crippen LogP contribution < -0.4 is 11.3 Å². The van der Waals surface area contributed by atoms with Crippen molar-refractivity contribution >= 4 is 5.96 Å². The van der Waals surface area contributed by atoms with E-state index in [4.69, 9.17) is 5.84 Å². The molecule has 0 aromatic rings. The average Bonchev–Trinajstić information content (AvgIpc) is 3.06. The van der Waals surface area contributed by atoms with E-state index in [-0.39, 0.29) is 0 Å². The van der Waals surface area contributed by atoms with Crippen LogP contribution in [-0.2, 0) is 0 Å². The lowest BCUT2D eigenvalue weighted by Gasteiger charge is -2.28. The lowest BCUT2D eigenvalue weighted by Crippen LogP contribution is -2.48. The van der Waals surface area contributed by atoms with Crippen molar-refractivity contribution in [1.82, 2.24) is 15.2 Å². The SMILES string of the molecule is CN1C2CCC1CN(C(=NC1CC1)NN)CC2. The lowest BCUT2D eigenvalue weighted by atomic mass is 10.1. The summed E-state index contributed by atoms with van der Waals surface area (Å²) in [7, 11) is 2.26. The van der Waals surface area contributed by atoms with Crippen LogP contribution in [0.4, 0.5) is 0 Å². The van der Waals surface area contributed by atoms with E-state index in [0.29, 0.717) is 12.1 Å². The maximum atomic E-state index is 5.63. The Morgan fingerprint density at radius 2 is 1.94 bits per heavy atom. The van der Waals surface area contributed by atoms with Gasteiger partial charge in [0.1, 0.15) is 0 Å². The van der Waals surface area contributed by atoms with Crippen LogP contribution in [0, 0.1) is 0 Å². The molecule has 0 spiro atoms. The number of nitrogens with one attached hydrogen (secondary N) is 1. The first-order valence-corrected chi connectivity index (χ1v) is 6.79. The highest BCUT2D eigenvalue weighted by atomic mass is 15.4. The Bertz CT molecular complexity index is 312. The third kappa shape index (κ3) is 2.26. The molecule has 0 aromatic carbocycles. The van der Waals surface area contributed by atoms with E-state index in [1.54, 1.807) is 0 Å². The molecule has 0 radical (unpaired) electrons. The summed E-state index contributed by atoms with van der Waals surface area (Å²) in [5, 5.41) is 0. The van der Waals surface area contributed by atoms with Gasteiger partial charge < -0.3 is 4.90 Å². The summed E-state index contributed by atoms with van der Waals surface area (Å²) in [5.74, 6) is 6.54. The highest BCUT2D eigenvalue weighted by Gasteiger charge is 2.35. The summed E-state index contributed by atoms with van der Waals surface area (Å²) in [6, 6.07) is 1.98. The van der Waals surface area contributed by atoms with Crippen molar-refractivity contribution in [2.24, 2.45) is 10.8 Å². The predicted molar refractivity (Wildman–Crippen MR) is 68.5 cm³/mol. The van der Waals surface area contributed by atoms with Crippen molar-refractivity contribution in [2.45, 2.75) is 50.2 Å². The van der Waals surface area contributed by atoms with Gasteiger partial charge in [-0.15, -0.1) is 0 Å². The largest absolute Gasteiger partial charge is 0.340 e. The van der Waals surface area contributed by atoms with Gasteiger partial charge in [-0.2, -0.15) is 0 Å². The molecular weight excluding hydrogens is 214 g/mol. The molecule has 2 unspecified atom stereocenters. The van der Waals surface area contributed by atoms with Crippen molar-refractivity contribution in [1.29, 1.82) is 0 Å². The standard InChI is InChI=1S/C12H23N5/c1-16-10-4-5-11(16)8-17(7-6-10)12(15-13)14-9-2-3-9/h9-11H,2-8,13H2,1H3,(H,14,15). The molecule has 5 nitrogen and oxygen atoms in total. The second-order valence-corrected chi connectivity index (χ2v) is 5.61. The Morgan fingerprint density at radius 1 is 1.18 bits per heavy atom. The van der Waals surface area contributed by atoms with Gasteiger partial charge in [0.05, 0.1) is 6.04 Å². The fourth-order valence-corrected chi connectivity index (χ4v) is 3.09. The Balaban J connectivity index is 1.71. The predicted octanol–water partition coefficient (Wildman–Crippen LogP) is 0.137. The van der Waals surface area contributed by atoms with Crippen molar-refractivity contribution < 1.29 is 0 Å². The monoisotopic (exact) mass is 237 g/mol. The summed E-state index contributed by atoms with van der Waals surface area (Å²) in [6.07, 6.45) is 6.37. The van der Waals surface area contributed by atoms with Gasteiger partial charge in [0.2, 0.25) is 5.96 Å². The van der Waals surface area contributed by atoms with Crippen molar-refractivity contribution in [3.05, 3.63) is 0 Å². The molecule has 1 saturated carbocycles. The number of fused-ring (bicyclic) bond motifs is 2. The summed E-state index contributed by atoms with van der Waals surface area (Å²) in [5.41, 5.74) is 2.80. The molecule has 2 bridgehead atoms. The number of hydrogen-bond acceptors (Lipinski definition) is 3. The molecule has 5 heteroatoms. The van der Waals surface area contributed by atoms with E-state index in [1.807, 2.05) is 0 Å². The third-order valence-corrected chi connectivity index (χ3v) is 4.43. The molecule has 0 amide bonds. The highest BCUT2D eigenvalue weighted by molar-refractivity contribution is 5.79. The lowest BCUT2D eigenvalue weighted by molar-refractivity contribution is 0.245. The molecule has 2 atom stereocenters. The van der Waals surface area contributed by atoms with Crippen LogP contribution >= 0.6 is 0 Å². The number of nitrogens with two attached hydrogens (primary N) is 1. The minimum absolute atomic E-state index is 0.527. The van der Waals surface area contributed by atoms with Gasteiger partial charge in [0, 0.05) is 25.2 Å². The Labute approximate surface area is 103 Å². The van der Waals surface area contributed by atoms with Gasteiger partial charge >= 0.3 is 0 Å². The number of hydrazine groups is 1. The maximum absolute atomic E-state index is 5.63.